The second-order valence-electron chi connectivity index (χ2n) is 7.20. The van der Waals surface area contributed by atoms with Crippen LogP contribution in [0.4, 0.5) is 0 Å². The molecule has 0 aromatic heterocycles. The molecule has 0 saturated heterocycles. The molecule has 2 aromatic carbocycles. The highest BCUT2D eigenvalue weighted by Crippen LogP contribution is 2.24. The van der Waals surface area contributed by atoms with E-state index in [1.165, 1.54) is 11.9 Å². The zero-order valence-electron chi connectivity index (χ0n) is 17.7. The fourth-order valence-electron chi connectivity index (χ4n) is 3.27. The normalized spacial score (nSPS) is 11.7. The van der Waals surface area contributed by atoms with E-state index < -0.39 is 17.9 Å². The first kappa shape index (κ1) is 23.9. The fraction of sp³-hybridized carbons (Fsp3) is 0.348. The Hall–Kier alpha value is -3.39. The number of carbonyl (C=O) groups is 2. The molecular weight excluding hydrogens is 396 g/mol. The number of ether oxygens (including phenoxy) is 1. The number of amides is 1. The molecule has 0 spiro atoms. The second kappa shape index (κ2) is 12.3. The predicted molar refractivity (Wildman–Crippen MR) is 120 cm³/mol. The van der Waals surface area contributed by atoms with Gasteiger partial charge < -0.3 is 26.2 Å². The van der Waals surface area contributed by atoms with Crippen LogP contribution in [0.2, 0.25) is 0 Å². The molecule has 0 fully saturated rings. The third kappa shape index (κ3) is 7.75. The monoisotopic (exact) mass is 426 g/mol. The molecule has 8 heteroatoms. The smallest absolute Gasteiger partial charge is 0.326 e. The number of aliphatic carboxylic acids is 1. The number of hydrogen-bond donors (Lipinski definition) is 3. The summed E-state index contributed by atoms with van der Waals surface area (Å²) in [6.07, 6.45) is 0.683. The molecule has 0 aliphatic rings. The number of carbonyl (C=O) groups excluding carboxylic acids is 1. The summed E-state index contributed by atoms with van der Waals surface area (Å²) in [6, 6.07) is 18.9. The van der Waals surface area contributed by atoms with Gasteiger partial charge in [-0.1, -0.05) is 60.7 Å². The molecule has 0 radical (unpaired) electrons. The van der Waals surface area contributed by atoms with Gasteiger partial charge in [-0.3, -0.25) is 9.79 Å². The highest BCUT2D eigenvalue weighted by Gasteiger charge is 2.26. The molecule has 2 aromatic rings. The standard InChI is InChI=1S/C23H30N4O4/c1-27(20(22(29)30)13-8-14-26-23(24)25)21(28)16-31-15-19(17-9-4-2-5-10-17)18-11-6-3-7-12-18/h2-7,9-12,19-20H,8,13-16H2,1H3,(H,29,30)(H4,24,25,26). The van der Waals surface area contributed by atoms with Crippen LogP contribution in [-0.4, -0.2) is 60.7 Å². The van der Waals surface area contributed by atoms with Gasteiger partial charge in [-0.15, -0.1) is 0 Å². The first-order valence-corrected chi connectivity index (χ1v) is 10.1. The van der Waals surface area contributed by atoms with E-state index in [4.69, 9.17) is 16.2 Å². The third-order valence-corrected chi connectivity index (χ3v) is 4.99. The molecule has 1 unspecified atom stereocenters. The minimum atomic E-state index is -1.08. The van der Waals surface area contributed by atoms with Crippen molar-refractivity contribution in [2.24, 2.45) is 16.5 Å². The quantitative estimate of drug-likeness (QED) is 0.269. The maximum absolute atomic E-state index is 12.6. The van der Waals surface area contributed by atoms with Crippen LogP contribution in [0, 0.1) is 0 Å². The Kier molecular flexibility index (Phi) is 9.51. The predicted octanol–water partition coefficient (Wildman–Crippen LogP) is 1.80. The van der Waals surface area contributed by atoms with Gasteiger partial charge in [-0.05, 0) is 24.0 Å². The summed E-state index contributed by atoms with van der Waals surface area (Å²) in [5, 5.41) is 9.49. The summed E-state index contributed by atoms with van der Waals surface area (Å²) in [7, 11) is 1.47. The fourth-order valence-corrected chi connectivity index (χ4v) is 3.27. The lowest BCUT2D eigenvalue weighted by molar-refractivity contribution is -0.151. The molecule has 5 N–H and O–H groups in total. The van der Waals surface area contributed by atoms with E-state index in [2.05, 4.69) is 4.99 Å². The van der Waals surface area contributed by atoms with E-state index >= 15 is 0 Å². The summed E-state index contributed by atoms with van der Waals surface area (Å²) in [6.45, 7) is 0.403. The SMILES string of the molecule is CN(C(=O)COCC(c1ccccc1)c1ccccc1)C(CCCN=C(N)N)C(=O)O. The number of benzene rings is 2. The maximum Gasteiger partial charge on any atom is 0.326 e. The highest BCUT2D eigenvalue weighted by atomic mass is 16.5. The Morgan fingerprint density at radius 3 is 2.06 bits per heavy atom. The van der Waals surface area contributed by atoms with Gasteiger partial charge in [-0.2, -0.15) is 0 Å². The molecule has 0 bridgehead atoms. The number of aliphatic imine (C=N–C) groups is 1. The van der Waals surface area contributed by atoms with Crippen molar-refractivity contribution in [2.45, 2.75) is 24.8 Å². The van der Waals surface area contributed by atoms with Crippen LogP contribution in [0.15, 0.2) is 65.7 Å². The van der Waals surface area contributed by atoms with E-state index in [0.717, 1.165) is 11.1 Å². The van der Waals surface area contributed by atoms with Crippen LogP contribution in [0.3, 0.4) is 0 Å². The van der Waals surface area contributed by atoms with Crippen molar-refractivity contribution < 1.29 is 19.4 Å². The van der Waals surface area contributed by atoms with Crippen LogP contribution in [0.1, 0.15) is 29.9 Å². The average molecular weight is 427 g/mol. The van der Waals surface area contributed by atoms with E-state index in [9.17, 15) is 14.7 Å². The number of nitrogens with zero attached hydrogens (tertiary/aromatic N) is 2. The van der Waals surface area contributed by atoms with E-state index in [-0.39, 0.29) is 24.9 Å². The van der Waals surface area contributed by atoms with Crippen molar-refractivity contribution in [1.29, 1.82) is 0 Å². The number of carboxylic acid groups (broad SMARTS) is 1. The Balaban J connectivity index is 1.95. The van der Waals surface area contributed by atoms with Crippen LogP contribution in [0.5, 0.6) is 0 Å². The van der Waals surface area contributed by atoms with Gasteiger partial charge >= 0.3 is 5.97 Å². The lowest BCUT2D eigenvalue weighted by atomic mass is 9.92. The van der Waals surface area contributed by atoms with Gasteiger partial charge in [0.15, 0.2) is 5.96 Å². The summed E-state index contributed by atoms with van der Waals surface area (Å²) >= 11 is 0. The van der Waals surface area contributed by atoms with E-state index in [1.54, 1.807) is 0 Å². The highest BCUT2D eigenvalue weighted by molar-refractivity contribution is 5.84. The molecule has 31 heavy (non-hydrogen) atoms. The Morgan fingerprint density at radius 2 is 1.58 bits per heavy atom. The minimum absolute atomic E-state index is 0.0321. The Bertz CT molecular complexity index is 815. The van der Waals surface area contributed by atoms with Gasteiger partial charge in [0.05, 0.1) is 6.61 Å². The molecule has 166 valence electrons. The van der Waals surface area contributed by atoms with Crippen molar-refractivity contribution >= 4 is 17.8 Å². The molecular formula is C23H30N4O4. The lowest BCUT2D eigenvalue weighted by Crippen LogP contribution is -2.44. The zero-order chi connectivity index (χ0) is 22.6. The average Bonchev–Trinajstić information content (AvgIpc) is 2.77. The molecule has 0 aliphatic carbocycles. The van der Waals surface area contributed by atoms with Crippen LogP contribution in [0.25, 0.3) is 0 Å². The number of likely N-dealkylation sites (N-methyl/N-ethyl adjacent to an activating group) is 1. The summed E-state index contributed by atoms with van der Waals surface area (Å²) in [5.74, 6) is -1.55. The van der Waals surface area contributed by atoms with Crippen molar-refractivity contribution in [3.8, 4) is 0 Å². The maximum atomic E-state index is 12.6. The van der Waals surface area contributed by atoms with Gasteiger partial charge in [0, 0.05) is 19.5 Å². The Morgan fingerprint density at radius 1 is 1.03 bits per heavy atom. The van der Waals surface area contributed by atoms with Gasteiger partial charge in [-0.25, -0.2) is 4.79 Å². The van der Waals surface area contributed by atoms with Crippen LogP contribution < -0.4 is 11.5 Å². The molecule has 2 rings (SSSR count). The van der Waals surface area contributed by atoms with Crippen molar-refractivity contribution in [3.63, 3.8) is 0 Å². The first-order chi connectivity index (χ1) is 14.9. The summed E-state index contributed by atoms with van der Waals surface area (Å²) in [4.78, 5) is 29.2. The van der Waals surface area contributed by atoms with Crippen LogP contribution in [-0.2, 0) is 14.3 Å². The topological polar surface area (TPSA) is 131 Å². The number of nitrogens with two attached hydrogens (primary N) is 2. The van der Waals surface area contributed by atoms with Crippen molar-refractivity contribution in [1.82, 2.24) is 4.90 Å². The number of hydrogen-bond acceptors (Lipinski definition) is 4. The number of carboxylic acids is 1. The molecule has 1 atom stereocenters. The molecule has 1 amide bonds. The molecule has 8 nitrogen and oxygen atoms in total. The van der Waals surface area contributed by atoms with Gasteiger partial charge in [0.2, 0.25) is 5.91 Å². The van der Waals surface area contributed by atoms with Gasteiger partial charge in [0.1, 0.15) is 12.6 Å². The summed E-state index contributed by atoms with van der Waals surface area (Å²) < 4.78 is 5.74. The number of guanidine groups is 1. The lowest BCUT2D eigenvalue weighted by Gasteiger charge is -2.25. The first-order valence-electron chi connectivity index (χ1n) is 10.1. The van der Waals surface area contributed by atoms with Crippen molar-refractivity contribution in [3.05, 3.63) is 71.8 Å². The van der Waals surface area contributed by atoms with E-state index in [0.29, 0.717) is 19.6 Å². The van der Waals surface area contributed by atoms with Crippen molar-refractivity contribution in [2.75, 3.05) is 26.8 Å². The van der Waals surface area contributed by atoms with Crippen LogP contribution >= 0.6 is 0 Å². The number of rotatable bonds is 12. The van der Waals surface area contributed by atoms with Gasteiger partial charge in [0.25, 0.3) is 0 Å². The third-order valence-electron chi connectivity index (χ3n) is 4.99. The Labute approximate surface area is 182 Å². The largest absolute Gasteiger partial charge is 0.480 e. The summed E-state index contributed by atoms with van der Waals surface area (Å²) in [5.41, 5.74) is 12.7. The second-order valence-corrected chi connectivity index (χ2v) is 7.20. The zero-order valence-corrected chi connectivity index (χ0v) is 17.7. The molecule has 0 heterocycles. The molecule has 0 saturated carbocycles. The molecule has 0 aliphatic heterocycles. The minimum Gasteiger partial charge on any atom is -0.480 e. The van der Waals surface area contributed by atoms with E-state index in [1.807, 2.05) is 60.7 Å².